The topological polar surface area (TPSA) is 56.2 Å². The predicted octanol–water partition coefficient (Wildman–Crippen LogP) is 2.60. The van der Waals surface area contributed by atoms with Gasteiger partial charge >= 0.3 is 5.97 Å². The van der Waals surface area contributed by atoms with Gasteiger partial charge in [0.2, 0.25) is 5.95 Å². The van der Waals surface area contributed by atoms with E-state index in [1.807, 2.05) is 4.57 Å². The quantitative estimate of drug-likeness (QED) is 0.882. The van der Waals surface area contributed by atoms with E-state index >= 15 is 0 Å². The van der Waals surface area contributed by atoms with Crippen molar-refractivity contribution in [2.45, 2.75) is 19.4 Å². The molecule has 1 unspecified atom stereocenters. The van der Waals surface area contributed by atoms with Gasteiger partial charge in [0.15, 0.2) is 5.69 Å². The van der Waals surface area contributed by atoms with Crippen molar-refractivity contribution in [1.82, 2.24) is 9.55 Å². The van der Waals surface area contributed by atoms with Gasteiger partial charge in [0.1, 0.15) is 5.82 Å². The Labute approximate surface area is 121 Å². The lowest BCUT2D eigenvalue weighted by Gasteiger charge is -2.26. The van der Waals surface area contributed by atoms with Crippen LogP contribution >= 0.6 is 0 Å². The minimum absolute atomic E-state index is 0.0394. The number of ether oxygens (including phenoxy) is 1. The number of fused-ring (bicyclic) bond motifs is 1. The predicted molar refractivity (Wildman–Crippen MR) is 75.8 cm³/mol. The molecule has 1 N–H and O–H groups in total. The van der Waals surface area contributed by atoms with Crippen molar-refractivity contribution in [3.8, 4) is 0 Å². The Morgan fingerprint density at radius 2 is 2.24 bits per heavy atom. The lowest BCUT2D eigenvalue weighted by molar-refractivity contribution is 0.0520. The van der Waals surface area contributed by atoms with Crippen LogP contribution in [0.1, 0.15) is 35.4 Å². The highest BCUT2D eigenvalue weighted by molar-refractivity contribution is 5.87. The van der Waals surface area contributed by atoms with Crippen LogP contribution < -0.4 is 5.32 Å². The van der Waals surface area contributed by atoms with Crippen molar-refractivity contribution in [2.24, 2.45) is 0 Å². The van der Waals surface area contributed by atoms with E-state index in [-0.39, 0.29) is 17.6 Å². The summed E-state index contributed by atoms with van der Waals surface area (Å²) in [6.07, 6.45) is 2.53. The molecule has 1 aromatic heterocycles. The number of imidazole rings is 1. The van der Waals surface area contributed by atoms with E-state index in [0.29, 0.717) is 12.6 Å². The van der Waals surface area contributed by atoms with E-state index in [1.165, 1.54) is 12.1 Å². The zero-order chi connectivity index (χ0) is 14.8. The van der Waals surface area contributed by atoms with E-state index in [2.05, 4.69) is 10.3 Å². The van der Waals surface area contributed by atoms with Crippen LogP contribution in [0.2, 0.25) is 0 Å². The number of anilines is 1. The first-order valence-corrected chi connectivity index (χ1v) is 6.94. The van der Waals surface area contributed by atoms with Crippen molar-refractivity contribution in [2.75, 3.05) is 18.5 Å². The maximum atomic E-state index is 13.1. The van der Waals surface area contributed by atoms with Crippen molar-refractivity contribution in [1.29, 1.82) is 0 Å². The summed E-state index contributed by atoms with van der Waals surface area (Å²) in [5.74, 6) is -0.0524. The van der Waals surface area contributed by atoms with Gasteiger partial charge < -0.3 is 14.6 Å². The van der Waals surface area contributed by atoms with Crippen LogP contribution in [0.4, 0.5) is 10.3 Å². The summed E-state index contributed by atoms with van der Waals surface area (Å²) in [7, 11) is 0. The molecule has 5 nitrogen and oxygen atoms in total. The number of carbonyl (C=O) groups excluding carboxylic acids is 1. The number of esters is 1. The molecule has 0 bridgehead atoms. The Morgan fingerprint density at radius 1 is 1.48 bits per heavy atom. The minimum atomic E-state index is -0.431. The molecule has 1 atom stereocenters. The van der Waals surface area contributed by atoms with Crippen LogP contribution in [0.3, 0.4) is 0 Å². The van der Waals surface area contributed by atoms with Gasteiger partial charge in [-0.05, 0) is 31.0 Å². The molecule has 0 radical (unpaired) electrons. The van der Waals surface area contributed by atoms with Gasteiger partial charge in [0.05, 0.1) is 12.6 Å². The first-order chi connectivity index (χ1) is 10.2. The molecule has 1 aliphatic heterocycles. The molecular formula is C15H16FN3O2. The summed E-state index contributed by atoms with van der Waals surface area (Å²) >= 11 is 0. The molecule has 21 heavy (non-hydrogen) atoms. The summed E-state index contributed by atoms with van der Waals surface area (Å²) in [6, 6.07) is 6.45. The number of hydrogen-bond acceptors (Lipinski definition) is 4. The number of carbonyl (C=O) groups is 1. The fourth-order valence-corrected chi connectivity index (χ4v) is 2.54. The monoisotopic (exact) mass is 289 g/mol. The molecule has 0 spiro atoms. The molecule has 6 heteroatoms. The molecule has 0 saturated carbocycles. The second-order valence-corrected chi connectivity index (χ2v) is 4.86. The molecule has 2 aromatic rings. The SMILES string of the molecule is CCOC(=O)c1cn2c(n1)NCCC2c1ccc(F)cc1. The van der Waals surface area contributed by atoms with Crippen molar-refractivity contribution in [3.63, 3.8) is 0 Å². The van der Waals surface area contributed by atoms with Gasteiger partial charge in [-0.15, -0.1) is 0 Å². The van der Waals surface area contributed by atoms with E-state index in [1.54, 1.807) is 25.3 Å². The minimum Gasteiger partial charge on any atom is -0.461 e. The molecule has 0 amide bonds. The third kappa shape index (κ3) is 2.61. The maximum absolute atomic E-state index is 13.1. The van der Waals surface area contributed by atoms with E-state index < -0.39 is 5.97 Å². The molecule has 1 aliphatic rings. The van der Waals surface area contributed by atoms with E-state index in [4.69, 9.17) is 4.74 Å². The Morgan fingerprint density at radius 3 is 2.95 bits per heavy atom. The number of hydrogen-bond donors (Lipinski definition) is 1. The third-order valence-corrected chi connectivity index (χ3v) is 3.51. The Kier molecular flexibility index (Phi) is 3.60. The second kappa shape index (κ2) is 5.55. The highest BCUT2D eigenvalue weighted by atomic mass is 19.1. The van der Waals surface area contributed by atoms with Crippen LogP contribution in [-0.4, -0.2) is 28.7 Å². The number of halogens is 1. The first-order valence-electron chi connectivity index (χ1n) is 6.94. The van der Waals surface area contributed by atoms with Crippen LogP contribution in [0, 0.1) is 5.82 Å². The maximum Gasteiger partial charge on any atom is 0.358 e. The van der Waals surface area contributed by atoms with E-state index in [9.17, 15) is 9.18 Å². The highest BCUT2D eigenvalue weighted by Gasteiger charge is 2.25. The largest absolute Gasteiger partial charge is 0.461 e. The van der Waals surface area contributed by atoms with Gasteiger partial charge in [-0.2, -0.15) is 0 Å². The number of rotatable bonds is 3. The summed E-state index contributed by atoms with van der Waals surface area (Å²) < 4.78 is 19.9. The molecule has 0 saturated heterocycles. The number of benzene rings is 1. The Bertz CT molecular complexity index is 651. The zero-order valence-electron chi connectivity index (χ0n) is 11.7. The number of aromatic nitrogens is 2. The summed E-state index contributed by atoms with van der Waals surface area (Å²) in [5.41, 5.74) is 1.28. The fraction of sp³-hybridized carbons (Fsp3) is 0.333. The lowest BCUT2D eigenvalue weighted by Crippen LogP contribution is -2.23. The van der Waals surface area contributed by atoms with Gasteiger partial charge in [-0.25, -0.2) is 14.2 Å². The van der Waals surface area contributed by atoms with Crippen molar-refractivity contribution >= 4 is 11.9 Å². The number of nitrogens with one attached hydrogen (secondary N) is 1. The van der Waals surface area contributed by atoms with Gasteiger partial charge in [0.25, 0.3) is 0 Å². The molecule has 110 valence electrons. The standard InChI is InChI=1S/C15H16FN3O2/c1-2-21-14(20)12-9-19-13(7-8-17-15(19)18-12)10-3-5-11(16)6-4-10/h3-6,9,13H,2,7-8H2,1H3,(H,17,18). The molecule has 0 aliphatic carbocycles. The second-order valence-electron chi connectivity index (χ2n) is 4.86. The molecule has 1 aromatic carbocycles. The van der Waals surface area contributed by atoms with Crippen molar-refractivity contribution < 1.29 is 13.9 Å². The van der Waals surface area contributed by atoms with Gasteiger partial charge in [0, 0.05) is 12.7 Å². The average Bonchev–Trinajstić information content (AvgIpc) is 2.92. The molecular weight excluding hydrogens is 273 g/mol. The third-order valence-electron chi connectivity index (χ3n) is 3.51. The molecule has 0 fully saturated rings. The van der Waals surface area contributed by atoms with Crippen LogP contribution in [0.5, 0.6) is 0 Å². The average molecular weight is 289 g/mol. The normalized spacial score (nSPS) is 17.0. The lowest BCUT2D eigenvalue weighted by atomic mass is 10.0. The van der Waals surface area contributed by atoms with E-state index in [0.717, 1.165) is 18.5 Å². The van der Waals surface area contributed by atoms with Gasteiger partial charge in [-0.3, -0.25) is 0 Å². The Hall–Kier alpha value is -2.37. The smallest absolute Gasteiger partial charge is 0.358 e. The van der Waals surface area contributed by atoms with Crippen LogP contribution in [0.25, 0.3) is 0 Å². The van der Waals surface area contributed by atoms with Crippen molar-refractivity contribution in [3.05, 3.63) is 47.5 Å². The molecule has 3 rings (SSSR count). The number of nitrogens with zero attached hydrogens (tertiary/aromatic N) is 2. The summed E-state index contributed by atoms with van der Waals surface area (Å²) in [6.45, 7) is 2.82. The van der Waals surface area contributed by atoms with Gasteiger partial charge in [-0.1, -0.05) is 12.1 Å². The fourth-order valence-electron chi connectivity index (χ4n) is 2.54. The Balaban J connectivity index is 1.94. The van der Waals surface area contributed by atoms with Crippen LogP contribution in [-0.2, 0) is 4.74 Å². The first kappa shape index (κ1) is 13.6. The summed E-state index contributed by atoms with van der Waals surface area (Å²) in [4.78, 5) is 16.0. The van der Waals surface area contributed by atoms with Crippen LogP contribution in [0.15, 0.2) is 30.5 Å². The highest BCUT2D eigenvalue weighted by Crippen LogP contribution is 2.30. The molecule has 2 heterocycles. The summed E-state index contributed by atoms with van der Waals surface area (Å²) in [5, 5.41) is 3.16. The zero-order valence-corrected chi connectivity index (χ0v) is 11.7.